The van der Waals surface area contributed by atoms with Crippen molar-refractivity contribution < 1.29 is 48.5 Å². The normalized spacial score (nSPS) is 19.6. The number of benzene rings is 1. The third-order valence-electron chi connectivity index (χ3n) is 14.1. The van der Waals surface area contributed by atoms with Gasteiger partial charge in [-0.25, -0.2) is 39.9 Å². The van der Waals surface area contributed by atoms with E-state index in [4.69, 9.17) is 35.4 Å². The van der Waals surface area contributed by atoms with Gasteiger partial charge in [-0.3, -0.25) is 33.6 Å². The molecule has 10 heterocycles. The molecule has 11 rings (SSSR count). The van der Waals surface area contributed by atoms with Crippen molar-refractivity contribution in [1.29, 1.82) is 0 Å². The van der Waals surface area contributed by atoms with Crippen LogP contribution in [0.5, 0.6) is 0 Å². The fraction of sp³-hybridized carbons (Fsp3) is 0.327. The number of likely N-dealkylation sites (tertiary alicyclic amines) is 1. The van der Waals surface area contributed by atoms with E-state index >= 15 is 0 Å². The lowest BCUT2D eigenvalue weighted by molar-refractivity contribution is -0.138. The van der Waals surface area contributed by atoms with E-state index in [1.807, 2.05) is 13.8 Å². The summed E-state index contributed by atoms with van der Waals surface area (Å²) in [6.07, 6.45) is -0.407. The van der Waals surface area contributed by atoms with Gasteiger partial charge in [0.05, 0.1) is 42.2 Å². The lowest BCUT2D eigenvalue weighted by Gasteiger charge is -2.23. The Balaban J connectivity index is 0.968. The maximum Gasteiger partial charge on any atom is 0.271 e. The molecule has 10 bridgehead atoms. The van der Waals surface area contributed by atoms with Crippen molar-refractivity contribution in [2.24, 2.45) is 16.6 Å². The lowest BCUT2D eigenvalue weighted by atomic mass is 10.0. The first-order chi connectivity index (χ1) is 41.4. The number of amides is 7. The number of carbonyl (C=O) groups is 7. The summed E-state index contributed by atoms with van der Waals surface area (Å²) in [6.45, 7) is 4.59. The van der Waals surface area contributed by atoms with Crippen LogP contribution >= 0.6 is 68.0 Å². The number of nitrogens with two attached hydrogens (primary N) is 1. The topological polar surface area (TPSA) is 361 Å². The first kappa shape index (κ1) is 59.6. The molecule has 0 radical (unpaired) electrons. The van der Waals surface area contributed by atoms with E-state index in [0.717, 1.165) is 34.0 Å². The minimum atomic E-state index is -1.30. The molecular weight excluding hydrogens is 1220 g/mol. The summed E-state index contributed by atoms with van der Waals surface area (Å²) in [7, 11) is 1.46. The monoisotopic (exact) mass is 1280 g/mol. The number of carbonyl (C=O) groups excluding carboxylic acids is 7. The van der Waals surface area contributed by atoms with Crippen molar-refractivity contribution in [2.45, 2.75) is 83.0 Å². The number of nitrogens with one attached hydrogen (secondary N) is 5. The van der Waals surface area contributed by atoms with Crippen LogP contribution in [0.1, 0.15) is 125 Å². The molecule has 0 unspecified atom stereocenters. The summed E-state index contributed by atoms with van der Waals surface area (Å²) in [4.78, 5) is 135. The number of thiazole rings is 6. The van der Waals surface area contributed by atoms with Gasteiger partial charge in [0.1, 0.15) is 94.7 Å². The molecule has 8 aromatic rings. The van der Waals surface area contributed by atoms with Gasteiger partial charge >= 0.3 is 0 Å². The SMILES string of the molecule is CNC(=O)C[C@H]1NC(=O)c2csc(n2)-c2ccc(-c3nc(C4=N[C@@H](C(=O)N5CCC[C@@H]5C(N)=O)CO4)cs3)nc2-c2csc(n2)-c2csc(n2)[C@@H]([C@H](O)c2ccccc2)NC(=O)CNC(=O)c2nc(sc2CO)[C@@H](C(C)C)NC(=O)c2nc1sc2C. The summed E-state index contributed by atoms with van der Waals surface area (Å²) in [5.74, 6) is -4.14. The zero-order valence-electron chi connectivity index (χ0n) is 46.1. The molecule has 3 aliphatic heterocycles. The van der Waals surface area contributed by atoms with Crippen molar-refractivity contribution in [3.8, 4) is 43.4 Å². The molecule has 444 valence electrons. The largest absolute Gasteiger partial charge is 0.473 e. The molecule has 0 spiro atoms. The number of aryl methyl sites for hydroxylation is 1. The van der Waals surface area contributed by atoms with Gasteiger partial charge in [-0.15, -0.1) is 68.0 Å². The van der Waals surface area contributed by atoms with Crippen LogP contribution in [0.3, 0.4) is 0 Å². The Bertz CT molecular complexity index is 3960. The number of fused-ring (bicyclic) bond motifs is 14. The van der Waals surface area contributed by atoms with Crippen LogP contribution in [0.2, 0.25) is 0 Å². The van der Waals surface area contributed by atoms with Crippen molar-refractivity contribution in [2.75, 3.05) is 26.7 Å². The maximum atomic E-state index is 14.3. The van der Waals surface area contributed by atoms with Crippen molar-refractivity contribution in [3.05, 3.63) is 117 Å². The van der Waals surface area contributed by atoms with E-state index < -0.39 is 84.9 Å². The highest BCUT2D eigenvalue weighted by molar-refractivity contribution is 7.15. The van der Waals surface area contributed by atoms with E-state index in [9.17, 15) is 43.8 Å². The molecule has 3 aliphatic rings. The third kappa shape index (κ3) is 12.4. The molecule has 7 aromatic heterocycles. The first-order valence-corrected chi connectivity index (χ1v) is 32.0. The second-order valence-electron chi connectivity index (χ2n) is 20.3. The average Bonchev–Trinajstić information content (AvgIpc) is 3.56. The molecule has 9 N–H and O–H groups in total. The maximum absolute atomic E-state index is 14.3. The van der Waals surface area contributed by atoms with Crippen LogP contribution < -0.4 is 32.3 Å². The number of rotatable bonds is 10. The Hall–Kier alpha value is -8.17. The van der Waals surface area contributed by atoms with E-state index in [2.05, 4.69) is 41.5 Å². The molecule has 1 saturated heterocycles. The molecule has 0 saturated carbocycles. The fourth-order valence-electron chi connectivity index (χ4n) is 9.72. The van der Waals surface area contributed by atoms with Gasteiger partial charge in [-0.2, -0.15) is 0 Å². The summed E-state index contributed by atoms with van der Waals surface area (Å²) in [5.41, 5.74) is 8.41. The standard InChI is InChI=1S/C55H53N15O10S6/c1-23(2)38-54-69-41(35(17-71)86-54)46(77)58-16-37(73)66-42(43(74)25-9-6-5-7-10-25)53-65-33(22-84-53)51-62-30(19-82-51)40-26(49-63-31(20-81-49)45(76)60-28(15-36(72)57-4)52-68-39(24(3)85-52)47(78)67-38)12-13-27(59-40)50-64-32(21-83-50)48-61-29(18-80-48)55(79)70-14-8-11-34(70)44(56)75/h5-7,9-10,12-13,19-23,28-29,34,38,42-43,71,74H,8,11,14-18H2,1-4H3,(H2,56,75)(H,57,72)(H,58,77)(H,60,76)(H,66,73)(H,67,78)/t28-,29-,34-,38-,42-,43-/m1/s1. The number of aliphatic hydroxyl groups is 2. The molecule has 6 atom stereocenters. The molecule has 1 fully saturated rings. The highest BCUT2D eigenvalue weighted by atomic mass is 32.1. The number of aliphatic imine (C=N–C) groups is 1. The summed E-state index contributed by atoms with van der Waals surface area (Å²) in [6, 6.07) is 7.74. The second-order valence-corrected chi connectivity index (χ2v) is 26.1. The van der Waals surface area contributed by atoms with Gasteiger partial charge in [0.2, 0.25) is 23.6 Å². The quantitative estimate of drug-likeness (QED) is 0.0863. The molecular formula is C55H53N15O10S6. The number of pyridine rings is 1. The van der Waals surface area contributed by atoms with Gasteiger partial charge < -0.3 is 52.2 Å². The van der Waals surface area contributed by atoms with Crippen molar-refractivity contribution >= 4 is 115 Å². The minimum Gasteiger partial charge on any atom is -0.473 e. The van der Waals surface area contributed by atoms with Crippen LogP contribution in [-0.2, 0) is 30.5 Å². The average molecular weight is 1280 g/mol. The Morgan fingerprint density at radius 2 is 1.45 bits per heavy atom. The van der Waals surface area contributed by atoms with Gasteiger partial charge in [-0.1, -0.05) is 44.2 Å². The van der Waals surface area contributed by atoms with Crippen LogP contribution in [0.15, 0.2) is 69.0 Å². The highest BCUT2D eigenvalue weighted by Gasteiger charge is 2.39. The Morgan fingerprint density at radius 3 is 2.21 bits per heavy atom. The zero-order valence-corrected chi connectivity index (χ0v) is 51.0. The third-order valence-corrected chi connectivity index (χ3v) is 19.9. The van der Waals surface area contributed by atoms with E-state index in [0.29, 0.717) is 88.9 Å². The predicted molar refractivity (Wildman–Crippen MR) is 322 cm³/mol. The number of aliphatic hydroxyl groups excluding tert-OH is 2. The minimum absolute atomic E-state index is 0.0116. The van der Waals surface area contributed by atoms with Gasteiger partial charge in [0.15, 0.2) is 6.04 Å². The molecule has 31 heteroatoms. The van der Waals surface area contributed by atoms with Crippen LogP contribution in [0.25, 0.3) is 43.4 Å². The first-order valence-electron chi connectivity index (χ1n) is 26.8. The van der Waals surface area contributed by atoms with E-state index in [-0.39, 0.29) is 57.7 Å². The van der Waals surface area contributed by atoms with Gasteiger partial charge in [0, 0.05) is 45.6 Å². The lowest BCUT2D eigenvalue weighted by Crippen LogP contribution is -2.47. The van der Waals surface area contributed by atoms with Gasteiger partial charge in [0.25, 0.3) is 23.6 Å². The molecule has 25 nitrogen and oxygen atoms in total. The second kappa shape index (κ2) is 25.4. The number of hydrogen-bond acceptors (Lipinski definition) is 24. The Labute approximate surface area is 513 Å². The van der Waals surface area contributed by atoms with E-state index in [1.165, 1.54) is 46.0 Å². The van der Waals surface area contributed by atoms with Crippen LogP contribution in [-0.4, -0.2) is 136 Å². The zero-order chi connectivity index (χ0) is 60.5. The Kier molecular flexibility index (Phi) is 17.6. The number of hydrogen-bond donors (Lipinski definition) is 8. The molecule has 86 heavy (non-hydrogen) atoms. The molecule has 7 amide bonds. The van der Waals surface area contributed by atoms with Crippen LogP contribution in [0, 0.1) is 12.8 Å². The van der Waals surface area contributed by atoms with Crippen molar-refractivity contribution in [3.63, 3.8) is 0 Å². The summed E-state index contributed by atoms with van der Waals surface area (Å²) >= 11 is 6.99. The summed E-state index contributed by atoms with van der Waals surface area (Å²) < 4.78 is 5.89. The predicted octanol–water partition coefficient (Wildman–Crippen LogP) is 5.28. The number of aromatic nitrogens is 7. The molecule has 1 aromatic carbocycles. The highest BCUT2D eigenvalue weighted by Crippen LogP contribution is 2.40. The molecule has 0 aliphatic carbocycles. The van der Waals surface area contributed by atoms with E-state index in [1.54, 1.807) is 70.9 Å². The summed E-state index contributed by atoms with van der Waals surface area (Å²) in [5, 5.41) is 45.3. The van der Waals surface area contributed by atoms with Crippen LogP contribution in [0.4, 0.5) is 0 Å². The fourth-order valence-corrected chi connectivity index (χ4v) is 15.1. The van der Waals surface area contributed by atoms with Crippen molar-refractivity contribution in [1.82, 2.24) is 66.4 Å². The number of ether oxygens (including phenoxy) is 1. The smallest absolute Gasteiger partial charge is 0.271 e. The Morgan fingerprint density at radius 1 is 0.744 bits per heavy atom. The number of primary amides is 1. The van der Waals surface area contributed by atoms with Gasteiger partial charge in [-0.05, 0) is 43.4 Å². The number of nitrogens with zero attached hydrogens (tertiary/aromatic N) is 9.